The summed E-state index contributed by atoms with van der Waals surface area (Å²) >= 11 is 3.07. The first-order valence-electron chi connectivity index (χ1n) is 15.9. The van der Waals surface area contributed by atoms with Crippen molar-refractivity contribution in [2.75, 3.05) is 0 Å². The number of hydrogen-bond acceptors (Lipinski definition) is 10. The molecule has 18 heteroatoms. The van der Waals surface area contributed by atoms with Gasteiger partial charge < -0.3 is 21.5 Å². The fourth-order valence-electron chi connectivity index (χ4n) is 4.90. The lowest BCUT2D eigenvalue weighted by atomic mass is 9.81. The van der Waals surface area contributed by atoms with Crippen molar-refractivity contribution in [2.45, 2.75) is 35.1 Å². The van der Waals surface area contributed by atoms with Crippen molar-refractivity contribution in [1.82, 2.24) is 39.5 Å². The zero-order valence-corrected chi connectivity index (χ0v) is 31.0. The molecule has 4 heterocycles. The minimum Gasteiger partial charge on any atom is -0.423 e. The first kappa shape index (κ1) is 43.2. The summed E-state index contributed by atoms with van der Waals surface area (Å²) < 4.78 is 29.3. The number of benzene rings is 2. The van der Waals surface area contributed by atoms with Gasteiger partial charge in [0.1, 0.15) is 17.1 Å². The van der Waals surface area contributed by atoms with Gasteiger partial charge in [-0.05, 0) is 86.1 Å². The molecule has 55 heavy (non-hydrogen) atoms. The zero-order valence-electron chi connectivity index (χ0n) is 29.4. The van der Waals surface area contributed by atoms with Gasteiger partial charge in [0.15, 0.2) is 11.6 Å². The fraction of sp³-hybridized carbons (Fsp3) is 0.135. The molecule has 0 unspecified atom stereocenters. The second kappa shape index (κ2) is 19.7. The van der Waals surface area contributed by atoms with Crippen molar-refractivity contribution in [3.8, 4) is 22.8 Å². The van der Waals surface area contributed by atoms with Gasteiger partial charge in [0.05, 0.1) is 11.8 Å². The molecule has 0 aliphatic rings. The van der Waals surface area contributed by atoms with Crippen LogP contribution in [0.4, 0.5) is 8.78 Å². The van der Waals surface area contributed by atoms with E-state index in [2.05, 4.69) is 58.2 Å². The smallest absolute Gasteiger partial charge is 0.423 e. The lowest BCUT2D eigenvalue weighted by molar-refractivity contribution is -0.114. The molecule has 0 fully saturated rings. The minimum atomic E-state index is -1.78. The van der Waals surface area contributed by atoms with Gasteiger partial charge in [0.25, 0.3) is 11.8 Å². The topological polar surface area (TPSA) is 214 Å². The number of amides is 2. The van der Waals surface area contributed by atoms with Crippen molar-refractivity contribution in [2.24, 2.45) is 11.5 Å². The highest BCUT2D eigenvalue weighted by Crippen LogP contribution is 2.21. The molecule has 0 aliphatic carbocycles. The van der Waals surface area contributed by atoms with Gasteiger partial charge in [-0.1, -0.05) is 47.9 Å². The van der Waals surface area contributed by atoms with Crippen molar-refractivity contribution in [3.63, 3.8) is 0 Å². The number of carbonyl (C=O) groups is 2. The Morgan fingerprint density at radius 3 is 1.56 bits per heavy atom. The third-order valence-corrected chi connectivity index (χ3v) is 7.70. The molecule has 0 saturated carbocycles. The van der Waals surface area contributed by atoms with Crippen molar-refractivity contribution in [1.29, 1.82) is 0 Å². The molecule has 14 nitrogen and oxygen atoms in total. The molecule has 6 rings (SSSR count). The van der Waals surface area contributed by atoms with Gasteiger partial charge in [0, 0.05) is 40.7 Å². The Morgan fingerprint density at radius 1 is 0.709 bits per heavy atom. The average Bonchev–Trinajstić information content (AvgIpc) is 3.78. The number of aromatic nitrogens is 8. The summed E-state index contributed by atoms with van der Waals surface area (Å²) in [6.45, 7) is 8.03. The second-order valence-corrected chi connectivity index (χ2v) is 12.6. The third kappa shape index (κ3) is 12.4. The number of carbonyl (C=O) groups excluding carboxylic acids is 2. The predicted molar refractivity (Wildman–Crippen MR) is 211 cm³/mol. The molecular formula is C37H38BBrF2N10O4. The van der Waals surface area contributed by atoms with Gasteiger partial charge in [0.2, 0.25) is 11.9 Å². The van der Waals surface area contributed by atoms with Crippen LogP contribution < -0.4 is 16.9 Å². The number of nitrogens with zero attached hydrogens (tertiary/aromatic N) is 8. The molecule has 0 atom stereocenters. The molecule has 2 aromatic carbocycles. The number of aryl methyl sites for hydroxylation is 4. The normalized spacial score (nSPS) is 11.0. The van der Waals surface area contributed by atoms with E-state index in [1.807, 2.05) is 52.0 Å². The van der Waals surface area contributed by atoms with Crippen LogP contribution in [0.3, 0.4) is 0 Å². The maximum atomic E-state index is 13.9. The maximum Gasteiger partial charge on any atom is 0.493 e. The van der Waals surface area contributed by atoms with Crippen LogP contribution in [0.1, 0.15) is 35.2 Å². The zero-order chi connectivity index (χ0) is 39.5. The number of halogens is 3. The molecule has 2 amide bonds. The molecular weight excluding hydrogens is 777 g/mol. The lowest BCUT2D eigenvalue weighted by Crippen LogP contribution is -2.33. The predicted octanol–water partition coefficient (Wildman–Crippen LogP) is 4.36. The van der Waals surface area contributed by atoms with Crippen LogP contribution in [0.5, 0.6) is 0 Å². The lowest BCUT2D eigenvalue weighted by Gasteiger charge is -2.04. The molecule has 0 aliphatic heterocycles. The Balaban J connectivity index is 0.000000239. The van der Waals surface area contributed by atoms with Crippen molar-refractivity contribution < 1.29 is 28.4 Å². The number of hydrogen-bond donors (Lipinski definition) is 4. The summed E-state index contributed by atoms with van der Waals surface area (Å²) in [6, 6.07) is 17.7. The van der Waals surface area contributed by atoms with E-state index in [4.69, 9.17) is 21.5 Å². The average molecular weight is 815 g/mol. The van der Waals surface area contributed by atoms with Crippen molar-refractivity contribution in [3.05, 3.63) is 130 Å². The third-order valence-electron chi connectivity index (χ3n) is 7.10. The largest absolute Gasteiger partial charge is 0.493 e. The molecule has 0 spiro atoms. The van der Waals surface area contributed by atoms with Gasteiger partial charge in [-0.2, -0.15) is 8.78 Å². The van der Waals surface area contributed by atoms with Crippen LogP contribution in [0, 0.1) is 39.6 Å². The molecule has 0 saturated heterocycles. The summed E-state index contributed by atoms with van der Waals surface area (Å²) in [5.74, 6) is -1.86. The van der Waals surface area contributed by atoms with E-state index < -0.39 is 30.8 Å². The molecule has 4 aromatic heterocycles. The Hall–Kier alpha value is -6.24. The number of pyridine rings is 2. The molecule has 0 bridgehead atoms. The quantitative estimate of drug-likeness (QED) is 0.0968. The summed E-state index contributed by atoms with van der Waals surface area (Å²) in [7, 11) is -1.78. The van der Waals surface area contributed by atoms with E-state index in [9.17, 15) is 18.4 Å². The van der Waals surface area contributed by atoms with Crippen LogP contribution in [-0.4, -0.2) is 68.5 Å². The molecule has 6 aromatic rings. The maximum absolute atomic E-state index is 13.9. The summed E-state index contributed by atoms with van der Waals surface area (Å²) in [5.41, 5.74) is 16.6. The van der Waals surface area contributed by atoms with Crippen LogP contribution >= 0.6 is 15.9 Å². The first-order valence-corrected chi connectivity index (χ1v) is 16.7. The van der Waals surface area contributed by atoms with Gasteiger partial charge in [-0.25, -0.2) is 29.3 Å². The Labute approximate surface area is 324 Å². The first-order chi connectivity index (χ1) is 25.6. The van der Waals surface area contributed by atoms with E-state index in [1.165, 1.54) is 71.1 Å². The van der Waals surface area contributed by atoms with Crippen LogP contribution in [0.2, 0.25) is 0 Å². The van der Waals surface area contributed by atoms with E-state index in [1.54, 1.807) is 0 Å². The molecule has 284 valence electrons. The van der Waals surface area contributed by atoms with Gasteiger partial charge in [-0.3, -0.25) is 9.59 Å². The number of primary amides is 2. The highest BCUT2D eigenvalue weighted by molar-refractivity contribution is 9.12. The van der Waals surface area contributed by atoms with E-state index in [-0.39, 0.29) is 28.5 Å². The summed E-state index contributed by atoms with van der Waals surface area (Å²) in [6.07, 6.45) is 8.30. The standard InChI is InChI=1S/C18H16FN5O.C13H13BrN4O.C5H5BFNO2.CH4/c1-11-6-12(2)8-13(7-11)18-22-10-24(23-18)9-15(17(20)25)14-4-3-5-21-16(14)19;1-8-3-9(2)5-10(4-8)13-16-7-18(17-13)6-11(14)12(15)19;7-5-4(6(9)10)2-1-3-8-5;/h3-10H,1-2H3,(H2,20,25);3-7H,1-2H3,(H2,15,19);1-3,9-10H;1H4/b15-9+;11-6-;;. The summed E-state index contributed by atoms with van der Waals surface area (Å²) in [5, 5.41) is 25.6. The SMILES string of the molecule is C.Cc1cc(C)cc(-c2ncn(/C=C(/C(N)=O)c3cccnc3F)n2)c1.Cc1cc(C)cc(-c2ncn(/C=C(\Br)C(N)=O)n2)c1.OB(O)c1cccnc1F. The van der Waals surface area contributed by atoms with Crippen LogP contribution in [0.15, 0.2) is 90.2 Å². The van der Waals surface area contributed by atoms with Gasteiger partial charge in [-0.15, -0.1) is 10.2 Å². The highest BCUT2D eigenvalue weighted by Gasteiger charge is 2.16. The fourth-order valence-corrected chi connectivity index (χ4v) is 5.11. The van der Waals surface area contributed by atoms with E-state index >= 15 is 0 Å². The van der Waals surface area contributed by atoms with E-state index in [0.717, 1.165) is 33.4 Å². The molecule has 0 radical (unpaired) electrons. The number of nitrogens with two attached hydrogens (primary N) is 2. The Morgan fingerprint density at radius 2 is 1.16 bits per heavy atom. The van der Waals surface area contributed by atoms with Crippen molar-refractivity contribution >= 4 is 58.3 Å². The van der Waals surface area contributed by atoms with Crippen LogP contribution in [-0.2, 0) is 9.59 Å². The summed E-state index contributed by atoms with van der Waals surface area (Å²) in [4.78, 5) is 37.8. The Kier molecular flexibility index (Phi) is 15.5. The van der Waals surface area contributed by atoms with Gasteiger partial charge >= 0.3 is 7.12 Å². The van der Waals surface area contributed by atoms with Crippen LogP contribution in [0.25, 0.3) is 40.7 Å². The highest BCUT2D eigenvalue weighted by atomic mass is 79.9. The minimum absolute atomic E-state index is 0. The number of rotatable bonds is 8. The monoisotopic (exact) mass is 814 g/mol. The van der Waals surface area contributed by atoms with E-state index in [0.29, 0.717) is 11.6 Å². The Bertz CT molecular complexity index is 2310. The molecule has 6 N–H and O–H groups in total. The second-order valence-electron chi connectivity index (χ2n) is 11.7.